The number of aryl methyl sites for hydroxylation is 1. The third-order valence-corrected chi connectivity index (χ3v) is 4.39. The Morgan fingerprint density at radius 3 is 2.57 bits per heavy atom. The lowest BCUT2D eigenvalue weighted by atomic mass is 9.64. The molecule has 0 aromatic heterocycles. The molecule has 1 aromatic rings. The molecule has 0 spiro atoms. The Kier molecular flexibility index (Phi) is 5.01. The number of hydrogen-bond donors (Lipinski definition) is 2. The zero-order chi connectivity index (χ0) is 15.5. The van der Waals surface area contributed by atoms with Crippen molar-refractivity contribution in [2.24, 2.45) is 5.41 Å². The second-order valence-corrected chi connectivity index (χ2v) is 6.35. The predicted molar refractivity (Wildman–Crippen MR) is 85.4 cm³/mol. The Morgan fingerprint density at radius 1 is 1.33 bits per heavy atom. The van der Waals surface area contributed by atoms with Gasteiger partial charge in [0.2, 0.25) is 5.91 Å². The molecule has 1 saturated carbocycles. The van der Waals surface area contributed by atoms with Gasteiger partial charge in [0.1, 0.15) is 0 Å². The van der Waals surface area contributed by atoms with Crippen molar-refractivity contribution in [3.05, 3.63) is 29.8 Å². The molecule has 2 atom stereocenters. The molecule has 0 radical (unpaired) electrons. The van der Waals surface area contributed by atoms with Crippen LogP contribution < -0.4 is 10.6 Å². The molecule has 2 N–H and O–H groups in total. The van der Waals surface area contributed by atoms with Gasteiger partial charge in [-0.15, -0.1) is 0 Å². The van der Waals surface area contributed by atoms with Crippen LogP contribution in [0.15, 0.2) is 24.3 Å². The molecule has 1 aliphatic carbocycles. The van der Waals surface area contributed by atoms with E-state index in [1.807, 2.05) is 38.1 Å². The van der Waals surface area contributed by atoms with Crippen LogP contribution in [0.4, 0.5) is 5.69 Å². The van der Waals surface area contributed by atoms with E-state index in [1.165, 1.54) is 5.56 Å². The largest absolute Gasteiger partial charge is 0.378 e. The number of hydrogen-bond acceptors (Lipinski definition) is 3. The summed E-state index contributed by atoms with van der Waals surface area (Å²) >= 11 is 0. The molecule has 2 unspecified atom stereocenters. The minimum atomic E-state index is -0.00508. The molecule has 0 saturated heterocycles. The summed E-state index contributed by atoms with van der Waals surface area (Å²) in [5, 5.41) is 6.24. The van der Waals surface area contributed by atoms with Gasteiger partial charge in [0, 0.05) is 23.8 Å². The van der Waals surface area contributed by atoms with Gasteiger partial charge in [-0.2, -0.15) is 0 Å². The maximum atomic E-state index is 12.0. The number of carbonyl (C=O) groups excluding carboxylic acids is 1. The highest BCUT2D eigenvalue weighted by Crippen LogP contribution is 2.42. The summed E-state index contributed by atoms with van der Waals surface area (Å²) in [5.41, 5.74) is 2.11. The number of ether oxygens (including phenoxy) is 1. The fourth-order valence-electron chi connectivity index (χ4n) is 2.77. The number of amides is 1. The number of carbonyl (C=O) groups is 1. The lowest BCUT2D eigenvalue weighted by Gasteiger charge is -2.51. The van der Waals surface area contributed by atoms with E-state index in [1.54, 1.807) is 0 Å². The van der Waals surface area contributed by atoms with E-state index >= 15 is 0 Å². The van der Waals surface area contributed by atoms with E-state index < -0.39 is 0 Å². The summed E-state index contributed by atoms with van der Waals surface area (Å²) in [6, 6.07) is 8.16. The van der Waals surface area contributed by atoms with Crippen molar-refractivity contribution < 1.29 is 9.53 Å². The van der Waals surface area contributed by atoms with Crippen LogP contribution in [0.25, 0.3) is 0 Å². The third-order valence-electron chi connectivity index (χ3n) is 4.39. The van der Waals surface area contributed by atoms with Crippen LogP contribution in [0.5, 0.6) is 0 Å². The second kappa shape index (κ2) is 6.58. The average Bonchev–Trinajstić information content (AvgIpc) is 2.44. The van der Waals surface area contributed by atoms with Gasteiger partial charge in [-0.05, 0) is 32.4 Å². The minimum absolute atomic E-state index is 0.00508. The highest BCUT2D eigenvalue weighted by Gasteiger charge is 2.48. The van der Waals surface area contributed by atoms with Crippen molar-refractivity contribution in [1.82, 2.24) is 5.32 Å². The molecule has 1 amide bonds. The van der Waals surface area contributed by atoms with Crippen LogP contribution in [0.1, 0.15) is 32.8 Å². The van der Waals surface area contributed by atoms with Crippen molar-refractivity contribution >= 4 is 11.6 Å². The number of nitrogens with one attached hydrogen (secondary N) is 2. The summed E-state index contributed by atoms with van der Waals surface area (Å²) in [4.78, 5) is 12.0. The van der Waals surface area contributed by atoms with Gasteiger partial charge in [0.15, 0.2) is 0 Å². The van der Waals surface area contributed by atoms with E-state index in [9.17, 15) is 4.79 Å². The number of benzene rings is 1. The van der Waals surface area contributed by atoms with E-state index in [0.29, 0.717) is 18.7 Å². The summed E-state index contributed by atoms with van der Waals surface area (Å²) in [7, 11) is 0. The van der Waals surface area contributed by atoms with Gasteiger partial charge in [-0.1, -0.05) is 31.5 Å². The molecule has 0 bridgehead atoms. The molecule has 4 nitrogen and oxygen atoms in total. The Hall–Kier alpha value is -1.39. The second-order valence-electron chi connectivity index (χ2n) is 6.35. The van der Waals surface area contributed by atoms with Gasteiger partial charge in [-0.25, -0.2) is 0 Å². The highest BCUT2D eigenvalue weighted by molar-refractivity contribution is 5.92. The summed E-state index contributed by atoms with van der Waals surface area (Å²) < 4.78 is 5.70. The van der Waals surface area contributed by atoms with Gasteiger partial charge < -0.3 is 15.4 Å². The zero-order valence-corrected chi connectivity index (χ0v) is 13.4. The van der Waals surface area contributed by atoms with Gasteiger partial charge in [0.25, 0.3) is 0 Å². The smallest absolute Gasteiger partial charge is 0.238 e. The first-order chi connectivity index (χ1) is 9.93. The van der Waals surface area contributed by atoms with Crippen LogP contribution in [0.3, 0.4) is 0 Å². The Labute approximate surface area is 127 Å². The van der Waals surface area contributed by atoms with Crippen LogP contribution in [0.2, 0.25) is 0 Å². The first-order valence-corrected chi connectivity index (χ1v) is 7.65. The zero-order valence-electron chi connectivity index (χ0n) is 13.4. The SMILES string of the molecule is CCOC1CC(NCC(=O)Nc2ccc(C)cc2)C1(C)C. The summed E-state index contributed by atoms with van der Waals surface area (Å²) in [6.07, 6.45) is 1.26. The van der Waals surface area contributed by atoms with Crippen LogP contribution in [-0.2, 0) is 9.53 Å². The molecule has 0 heterocycles. The number of anilines is 1. The Balaban J connectivity index is 1.76. The maximum Gasteiger partial charge on any atom is 0.238 e. The van der Waals surface area contributed by atoms with Gasteiger partial charge in [0.05, 0.1) is 12.6 Å². The fraction of sp³-hybridized carbons (Fsp3) is 0.588. The fourth-order valence-corrected chi connectivity index (χ4v) is 2.77. The molecular formula is C17H26N2O2. The third kappa shape index (κ3) is 3.83. The topological polar surface area (TPSA) is 50.4 Å². The molecular weight excluding hydrogens is 264 g/mol. The minimum Gasteiger partial charge on any atom is -0.378 e. The molecule has 1 aliphatic rings. The van der Waals surface area contributed by atoms with E-state index in [-0.39, 0.29) is 11.3 Å². The van der Waals surface area contributed by atoms with E-state index in [2.05, 4.69) is 24.5 Å². The molecule has 0 aliphatic heterocycles. The molecule has 1 fully saturated rings. The molecule has 4 heteroatoms. The average molecular weight is 290 g/mol. The summed E-state index contributed by atoms with van der Waals surface area (Å²) in [6.45, 7) is 9.50. The summed E-state index contributed by atoms with van der Waals surface area (Å²) in [5.74, 6) is -0.00508. The maximum absolute atomic E-state index is 12.0. The first kappa shape index (κ1) is 16.0. The van der Waals surface area contributed by atoms with Crippen molar-refractivity contribution in [3.8, 4) is 0 Å². The van der Waals surface area contributed by atoms with Crippen molar-refractivity contribution in [2.45, 2.75) is 46.3 Å². The predicted octanol–water partition coefficient (Wildman–Crippen LogP) is 2.73. The molecule has 1 aromatic carbocycles. The van der Waals surface area contributed by atoms with Crippen molar-refractivity contribution in [1.29, 1.82) is 0 Å². The van der Waals surface area contributed by atoms with Crippen LogP contribution in [0, 0.1) is 12.3 Å². The van der Waals surface area contributed by atoms with E-state index in [4.69, 9.17) is 4.74 Å². The van der Waals surface area contributed by atoms with Gasteiger partial charge in [-0.3, -0.25) is 4.79 Å². The van der Waals surface area contributed by atoms with Gasteiger partial charge >= 0.3 is 0 Å². The molecule has 116 valence electrons. The normalized spacial score (nSPS) is 23.4. The quantitative estimate of drug-likeness (QED) is 0.847. The van der Waals surface area contributed by atoms with Crippen molar-refractivity contribution in [2.75, 3.05) is 18.5 Å². The standard InChI is InChI=1S/C17H26N2O2/c1-5-21-15-10-14(17(15,3)4)18-11-16(20)19-13-8-6-12(2)7-9-13/h6-9,14-15,18H,5,10-11H2,1-4H3,(H,19,20). The Morgan fingerprint density at radius 2 is 2.00 bits per heavy atom. The monoisotopic (exact) mass is 290 g/mol. The highest BCUT2D eigenvalue weighted by atomic mass is 16.5. The first-order valence-electron chi connectivity index (χ1n) is 7.65. The lowest BCUT2D eigenvalue weighted by molar-refractivity contribution is -0.123. The van der Waals surface area contributed by atoms with Crippen molar-refractivity contribution in [3.63, 3.8) is 0 Å². The van der Waals surface area contributed by atoms with Crippen LogP contribution >= 0.6 is 0 Å². The molecule has 2 rings (SSSR count). The molecule has 21 heavy (non-hydrogen) atoms. The van der Waals surface area contributed by atoms with E-state index in [0.717, 1.165) is 18.7 Å². The van der Waals surface area contributed by atoms with Crippen LogP contribution in [-0.4, -0.2) is 31.2 Å². The lowest BCUT2D eigenvalue weighted by Crippen LogP contribution is -2.61. The Bertz CT molecular complexity index is 482. The number of rotatable bonds is 6.